The lowest BCUT2D eigenvalue weighted by Gasteiger charge is -2.17. The van der Waals surface area contributed by atoms with Crippen LogP contribution < -0.4 is 5.32 Å². The Hall–Kier alpha value is -2.90. The molecule has 0 radical (unpaired) electrons. The fraction of sp³-hybridized carbons (Fsp3) is 0.188. The van der Waals surface area contributed by atoms with Crippen molar-refractivity contribution in [3.8, 4) is 0 Å². The third kappa shape index (κ3) is 4.31. The number of benzene rings is 1. The van der Waals surface area contributed by atoms with Gasteiger partial charge in [0.15, 0.2) is 0 Å². The lowest BCUT2D eigenvalue weighted by atomic mass is 9.99. The fourth-order valence-corrected chi connectivity index (χ4v) is 2.12. The summed E-state index contributed by atoms with van der Waals surface area (Å²) in [6, 6.07) is 7.63. The van der Waals surface area contributed by atoms with Crippen molar-refractivity contribution in [1.29, 1.82) is 0 Å². The van der Waals surface area contributed by atoms with Crippen molar-refractivity contribution in [2.24, 2.45) is 0 Å². The molecule has 0 fully saturated rings. The summed E-state index contributed by atoms with van der Waals surface area (Å²) in [5.74, 6) is -2.20. The first-order valence-electron chi connectivity index (χ1n) is 6.89. The number of alkyl halides is 3. The van der Waals surface area contributed by atoms with Crippen LogP contribution in [0.25, 0.3) is 0 Å². The molecule has 8 heteroatoms. The summed E-state index contributed by atoms with van der Waals surface area (Å²) in [5, 5.41) is 11.4. The van der Waals surface area contributed by atoms with Gasteiger partial charge in [-0.05, 0) is 23.8 Å². The first kappa shape index (κ1) is 17.5. The van der Waals surface area contributed by atoms with Gasteiger partial charge in [-0.15, -0.1) is 0 Å². The number of rotatable bonds is 5. The van der Waals surface area contributed by atoms with Crippen molar-refractivity contribution in [2.45, 2.75) is 18.6 Å². The maximum atomic E-state index is 13.0. The molecule has 2 rings (SSSR count). The molecule has 0 aliphatic rings. The van der Waals surface area contributed by atoms with Gasteiger partial charge < -0.3 is 10.4 Å². The van der Waals surface area contributed by atoms with Crippen LogP contribution in [0.3, 0.4) is 0 Å². The van der Waals surface area contributed by atoms with E-state index in [2.05, 4.69) is 10.3 Å². The molecule has 0 bridgehead atoms. The third-order valence-corrected chi connectivity index (χ3v) is 3.25. The van der Waals surface area contributed by atoms with E-state index in [4.69, 9.17) is 0 Å². The van der Waals surface area contributed by atoms with Gasteiger partial charge in [0.05, 0.1) is 5.56 Å². The molecule has 0 saturated carbocycles. The van der Waals surface area contributed by atoms with Crippen LogP contribution in [0.15, 0.2) is 48.7 Å². The molecule has 2 aromatic rings. The fourth-order valence-electron chi connectivity index (χ4n) is 2.12. The summed E-state index contributed by atoms with van der Waals surface area (Å²) in [6.07, 6.45) is -3.75. The molecule has 126 valence electrons. The number of carboxylic acids is 1. The Morgan fingerprint density at radius 2 is 1.79 bits per heavy atom. The van der Waals surface area contributed by atoms with E-state index >= 15 is 0 Å². The zero-order valence-electron chi connectivity index (χ0n) is 12.2. The van der Waals surface area contributed by atoms with Gasteiger partial charge >= 0.3 is 12.1 Å². The SMILES string of the molecule is O=C(N[C@@H](Cc1ccccc1C(F)(F)F)C(=O)O)c1ccccn1. The minimum absolute atomic E-state index is 0.0205. The van der Waals surface area contributed by atoms with Crippen molar-refractivity contribution < 1.29 is 27.9 Å². The van der Waals surface area contributed by atoms with Crippen LogP contribution in [0, 0.1) is 0 Å². The highest BCUT2D eigenvalue weighted by Gasteiger charge is 2.34. The van der Waals surface area contributed by atoms with E-state index in [-0.39, 0.29) is 11.3 Å². The number of aliphatic carboxylic acids is 1. The van der Waals surface area contributed by atoms with E-state index < -0.39 is 36.1 Å². The number of aromatic nitrogens is 1. The predicted molar refractivity (Wildman–Crippen MR) is 78.3 cm³/mol. The molecule has 0 spiro atoms. The zero-order chi connectivity index (χ0) is 17.7. The number of nitrogens with one attached hydrogen (secondary N) is 1. The molecule has 1 aromatic carbocycles. The summed E-state index contributed by atoms with van der Waals surface area (Å²) < 4.78 is 38.9. The smallest absolute Gasteiger partial charge is 0.416 e. The van der Waals surface area contributed by atoms with Crippen molar-refractivity contribution in [3.05, 3.63) is 65.5 Å². The zero-order valence-corrected chi connectivity index (χ0v) is 12.2. The van der Waals surface area contributed by atoms with Crippen molar-refractivity contribution in [1.82, 2.24) is 10.3 Å². The van der Waals surface area contributed by atoms with Gasteiger partial charge in [0.1, 0.15) is 11.7 Å². The summed E-state index contributed by atoms with van der Waals surface area (Å²) >= 11 is 0. The van der Waals surface area contributed by atoms with Gasteiger partial charge in [0.2, 0.25) is 0 Å². The van der Waals surface area contributed by atoms with E-state index in [9.17, 15) is 27.9 Å². The molecular formula is C16H13F3N2O3. The van der Waals surface area contributed by atoms with Crippen LogP contribution in [0.4, 0.5) is 13.2 Å². The standard InChI is InChI=1S/C16H13F3N2O3/c17-16(18,19)11-6-2-1-5-10(11)9-13(15(23)24)21-14(22)12-7-3-4-8-20-12/h1-8,13H,9H2,(H,21,22)(H,23,24)/t13-/m0/s1. The quantitative estimate of drug-likeness (QED) is 0.878. The van der Waals surface area contributed by atoms with E-state index in [1.807, 2.05) is 0 Å². The van der Waals surface area contributed by atoms with Crippen LogP contribution >= 0.6 is 0 Å². The van der Waals surface area contributed by atoms with Gasteiger partial charge in [-0.3, -0.25) is 9.78 Å². The minimum Gasteiger partial charge on any atom is -0.480 e. The summed E-state index contributed by atoms with van der Waals surface area (Å²) in [7, 11) is 0. The van der Waals surface area contributed by atoms with Crippen LogP contribution in [-0.4, -0.2) is 28.0 Å². The Bertz CT molecular complexity index is 733. The van der Waals surface area contributed by atoms with Gasteiger partial charge in [0.25, 0.3) is 5.91 Å². The maximum absolute atomic E-state index is 13.0. The average Bonchev–Trinajstić information content (AvgIpc) is 2.54. The minimum atomic E-state index is -4.61. The highest BCUT2D eigenvalue weighted by Crippen LogP contribution is 2.32. The molecule has 0 unspecified atom stereocenters. The van der Waals surface area contributed by atoms with Crippen molar-refractivity contribution in [3.63, 3.8) is 0 Å². The number of amides is 1. The normalized spacial score (nSPS) is 12.5. The second-order valence-electron chi connectivity index (χ2n) is 4.94. The molecule has 0 aliphatic carbocycles. The molecule has 1 heterocycles. The topological polar surface area (TPSA) is 79.3 Å². The summed E-state index contributed by atoms with van der Waals surface area (Å²) in [6.45, 7) is 0. The molecule has 2 N–H and O–H groups in total. The number of carbonyl (C=O) groups is 2. The van der Waals surface area contributed by atoms with E-state index in [0.717, 1.165) is 6.07 Å². The number of hydrogen-bond acceptors (Lipinski definition) is 3. The molecule has 1 amide bonds. The van der Waals surface area contributed by atoms with Crippen LogP contribution in [0.5, 0.6) is 0 Å². The van der Waals surface area contributed by atoms with Gasteiger partial charge in [-0.2, -0.15) is 13.2 Å². The lowest BCUT2D eigenvalue weighted by Crippen LogP contribution is -2.42. The highest BCUT2D eigenvalue weighted by molar-refractivity contribution is 5.94. The van der Waals surface area contributed by atoms with E-state index in [1.54, 1.807) is 6.07 Å². The Morgan fingerprint density at radius 1 is 1.12 bits per heavy atom. The Balaban J connectivity index is 2.22. The van der Waals surface area contributed by atoms with Gasteiger partial charge in [0, 0.05) is 12.6 Å². The van der Waals surface area contributed by atoms with Crippen LogP contribution in [0.1, 0.15) is 21.6 Å². The number of pyridine rings is 1. The van der Waals surface area contributed by atoms with Gasteiger partial charge in [-0.1, -0.05) is 24.3 Å². The number of nitrogens with zero attached hydrogens (tertiary/aromatic N) is 1. The molecule has 1 atom stereocenters. The summed E-state index contributed by atoms with van der Waals surface area (Å²) in [5.41, 5.74) is -1.16. The Morgan fingerprint density at radius 3 is 2.38 bits per heavy atom. The number of halogens is 3. The number of carbonyl (C=O) groups excluding carboxylic acids is 1. The van der Waals surface area contributed by atoms with Crippen molar-refractivity contribution in [2.75, 3.05) is 0 Å². The summed E-state index contributed by atoms with van der Waals surface area (Å²) in [4.78, 5) is 27.1. The van der Waals surface area contributed by atoms with E-state index in [1.165, 1.54) is 36.5 Å². The lowest BCUT2D eigenvalue weighted by molar-refractivity contribution is -0.141. The number of hydrogen-bond donors (Lipinski definition) is 2. The monoisotopic (exact) mass is 338 g/mol. The highest BCUT2D eigenvalue weighted by atomic mass is 19.4. The van der Waals surface area contributed by atoms with E-state index in [0.29, 0.717) is 0 Å². The van der Waals surface area contributed by atoms with Crippen molar-refractivity contribution >= 4 is 11.9 Å². The first-order valence-corrected chi connectivity index (χ1v) is 6.89. The van der Waals surface area contributed by atoms with Gasteiger partial charge in [-0.25, -0.2) is 4.79 Å². The van der Waals surface area contributed by atoms with Crippen LogP contribution in [-0.2, 0) is 17.4 Å². The second-order valence-corrected chi connectivity index (χ2v) is 4.94. The molecule has 0 saturated heterocycles. The third-order valence-electron chi connectivity index (χ3n) is 3.25. The first-order chi connectivity index (χ1) is 11.3. The second kappa shape index (κ2) is 7.12. The Kier molecular flexibility index (Phi) is 5.18. The number of carboxylic acid groups (broad SMARTS) is 1. The molecule has 0 aliphatic heterocycles. The molecule has 24 heavy (non-hydrogen) atoms. The average molecular weight is 338 g/mol. The molecule has 1 aromatic heterocycles. The van der Waals surface area contributed by atoms with Crippen LogP contribution in [0.2, 0.25) is 0 Å². The maximum Gasteiger partial charge on any atom is 0.416 e. The molecule has 5 nitrogen and oxygen atoms in total. The molecular weight excluding hydrogens is 325 g/mol. The largest absolute Gasteiger partial charge is 0.480 e. The predicted octanol–water partition coefficient (Wildman–Crippen LogP) is 2.53. The Labute approximate surface area is 135 Å².